The Morgan fingerprint density at radius 3 is 2.10 bits per heavy atom. The molecule has 1 N–H and O–H groups in total. The molecule has 220 valence electrons. The van der Waals surface area contributed by atoms with Gasteiger partial charge in [-0.25, -0.2) is 0 Å². The standard InChI is InChI=1S/C31H27F6N3O2/c1-40(29(42)23-16-24(30(32,33)34)18-25(17-23)31(35,36)37)27(11-12-28(41)39-19-26-8-4-5-13-38-26)15-20-9-10-21-6-2-3-7-22(21)14-20/h2-10,13-14,16-18,27H,11-12,15,19H2,1H3,(H,39,41). The van der Waals surface area contributed by atoms with Crippen LogP contribution >= 0.6 is 0 Å². The number of hydrogen-bond acceptors (Lipinski definition) is 3. The van der Waals surface area contributed by atoms with Gasteiger partial charge in [0.1, 0.15) is 0 Å². The number of carbonyl (C=O) groups excluding carboxylic acids is 2. The van der Waals surface area contributed by atoms with Crippen LogP contribution in [0.3, 0.4) is 0 Å². The second-order valence-electron chi connectivity index (χ2n) is 9.89. The van der Waals surface area contributed by atoms with E-state index in [0.29, 0.717) is 17.8 Å². The minimum absolute atomic E-state index is 0.0186. The van der Waals surface area contributed by atoms with Crippen molar-refractivity contribution in [2.45, 2.75) is 44.2 Å². The van der Waals surface area contributed by atoms with Gasteiger partial charge in [-0.2, -0.15) is 26.3 Å². The van der Waals surface area contributed by atoms with Crippen LogP contribution in [0.1, 0.15) is 45.6 Å². The van der Waals surface area contributed by atoms with Gasteiger partial charge in [-0.3, -0.25) is 14.6 Å². The maximum atomic E-state index is 13.4. The number of benzene rings is 3. The first-order valence-electron chi connectivity index (χ1n) is 13.0. The molecule has 0 aliphatic carbocycles. The van der Waals surface area contributed by atoms with Crippen molar-refractivity contribution in [3.8, 4) is 0 Å². The number of carbonyl (C=O) groups is 2. The van der Waals surface area contributed by atoms with Gasteiger partial charge in [-0.15, -0.1) is 0 Å². The molecule has 1 aromatic heterocycles. The molecule has 0 fully saturated rings. The number of rotatable bonds is 9. The number of nitrogens with zero attached hydrogens (tertiary/aromatic N) is 2. The van der Waals surface area contributed by atoms with E-state index >= 15 is 0 Å². The fourth-order valence-corrected chi connectivity index (χ4v) is 4.60. The predicted molar refractivity (Wildman–Crippen MR) is 145 cm³/mol. The Hall–Kier alpha value is -4.41. The third-order valence-electron chi connectivity index (χ3n) is 6.89. The number of amides is 2. The van der Waals surface area contributed by atoms with Crippen LogP contribution in [-0.2, 0) is 30.1 Å². The average Bonchev–Trinajstić information content (AvgIpc) is 2.96. The zero-order valence-corrected chi connectivity index (χ0v) is 22.5. The smallest absolute Gasteiger partial charge is 0.350 e. The Balaban J connectivity index is 1.59. The van der Waals surface area contributed by atoms with E-state index in [9.17, 15) is 35.9 Å². The molecule has 0 saturated carbocycles. The minimum atomic E-state index is -5.09. The Morgan fingerprint density at radius 2 is 1.48 bits per heavy atom. The van der Waals surface area contributed by atoms with E-state index in [2.05, 4.69) is 10.3 Å². The van der Waals surface area contributed by atoms with E-state index in [-0.39, 0.29) is 37.8 Å². The first kappa shape index (κ1) is 30.5. The van der Waals surface area contributed by atoms with Crippen molar-refractivity contribution in [1.29, 1.82) is 0 Å². The molecule has 0 spiro atoms. The van der Waals surface area contributed by atoms with Crippen molar-refractivity contribution < 1.29 is 35.9 Å². The summed E-state index contributed by atoms with van der Waals surface area (Å²) in [5, 5.41) is 4.63. The highest BCUT2D eigenvalue weighted by Crippen LogP contribution is 2.36. The molecule has 0 aliphatic heterocycles. The fraction of sp³-hybridized carbons (Fsp3) is 0.258. The number of likely N-dealkylation sites (N-methyl/N-ethyl adjacent to an activating group) is 1. The molecule has 0 bridgehead atoms. The van der Waals surface area contributed by atoms with Gasteiger partial charge in [0, 0.05) is 31.3 Å². The van der Waals surface area contributed by atoms with Crippen molar-refractivity contribution in [1.82, 2.24) is 15.2 Å². The van der Waals surface area contributed by atoms with Crippen LogP contribution in [0.2, 0.25) is 0 Å². The van der Waals surface area contributed by atoms with Crippen LogP contribution in [0.15, 0.2) is 85.1 Å². The maximum Gasteiger partial charge on any atom is 0.416 e. The van der Waals surface area contributed by atoms with Gasteiger partial charge in [-0.05, 0) is 59.5 Å². The largest absolute Gasteiger partial charge is 0.416 e. The number of halogens is 6. The van der Waals surface area contributed by atoms with Gasteiger partial charge in [0.15, 0.2) is 0 Å². The predicted octanol–water partition coefficient (Wildman–Crippen LogP) is 7.05. The van der Waals surface area contributed by atoms with Crippen molar-refractivity contribution in [3.05, 3.63) is 113 Å². The summed E-state index contributed by atoms with van der Waals surface area (Å²) in [5.74, 6) is -1.37. The molecule has 0 aliphatic rings. The molecule has 5 nitrogen and oxygen atoms in total. The summed E-state index contributed by atoms with van der Waals surface area (Å²) in [5.41, 5.74) is -2.48. The lowest BCUT2D eigenvalue weighted by Crippen LogP contribution is -2.39. The Kier molecular flexibility index (Phi) is 9.18. The molecule has 0 saturated heterocycles. The summed E-state index contributed by atoms with van der Waals surface area (Å²) in [6, 6.07) is 18.5. The molecular formula is C31H27F6N3O2. The fourth-order valence-electron chi connectivity index (χ4n) is 4.60. The molecule has 4 aromatic rings. The van der Waals surface area contributed by atoms with Gasteiger partial charge in [-0.1, -0.05) is 48.5 Å². The molecule has 4 rings (SSSR count). The van der Waals surface area contributed by atoms with Crippen LogP contribution in [0.4, 0.5) is 26.3 Å². The quantitative estimate of drug-likeness (QED) is 0.214. The summed E-state index contributed by atoms with van der Waals surface area (Å²) < 4.78 is 80.6. The van der Waals surface area contributed by atoms with Crippen molar-refractivity contribution in [2.24, 2.45) is 0 Å². The summed E-state index contributed by atoms with van der Waals surface area (Å²) in [6.45, 7) is 0.175. The lowest BCUT2D eigenvalue weighted by molar-refractivity contribution is -0.143. The van der Waals surface area contributed by atoms with Crippen LogP contribution in [0.5, 0.6) is 0 Å². The highest BCUT2D eigenvalue weighted by atomic mass is 19.4. The van der Waals surface area contributed by atoms with E-state index in [1.165, 1.54) is 7.05 Å². The van der Waals surface area contributed by atoms with Gasteiger partial charge >= 0.3 is 12.4 Å². The Morgan fingerprint density at radius 1 is 0.833 bits per heavy atom. The number of alkyl halides is 6. The first-order chi connectivity index (χ1) is 19.8. The number of hydrogen-bond donors (Lipinski definition) is 1. The number of pyridine rings is 1. The third kappa shape index (κ3) is 7.86. The van der Waals surface area contributed by atoms with Crippen molar-refractivity contribution in [3.63, 3.8) is 0 Å². The zero-order valence-electron chi connectivity index (χ0n) is 22.5. The molecule has 1 unspecified atom stereocenters. The van der Waals surface area contributed by atoms with Gasteiger partial charge in [0.05, 0.1) is 23.4 Å². The summed E-state index contributed by atoms with van der Waals surface area (Å²) >= 11 is 0. The van der Waals surface area contributed by atoms with Crippen molar-refractivity contribution >= 4 is 22.6 Å². The molecule has 11 heteroatoms. The molecule has 2 amide bonds. The van der Waals surface area contributed by atoms with E-state index in [4.69, 9.17) is 0 Å². The van der Waals surface area contributed by atoms with E-state index in [1.807, 2.05) is 42.5 Å². The van der Waals surface area contributed by atoms with Gasteiger partial charge in [0.2, 0.25) is 5.91 Å². The molecule has 42 heavy (non-hydrogen) atoms. The monoisotopic (exact) mass is 587 g/mol. The topological polar surface area (TPSA) is 62.3 Å². The molecule has 3 aromatic carbocycles. The Bertz CT molecular complexity index is 1520. The van der Waals surface area contributed by atoms with Gasteiger partial charge < -0.3 is 10.2 Å². The highest BCUT2D eigenvalue weighted by Gasteiger charge is 2.38. The van der Waals surface area contributed by atoms with Crippen LogP contribution in [0, 0.1) is 0 Å². The zero-order chi connectivity index (χ0) is 30.5. The minimum Gasteiger partial charge on any atom is -0.350 e. The van der Waals surface area contributed by atoms with E-state index in [1.54, 1.807) is 24.4 Å². The number of aromatic nitrogens is 1. The molecule has 1 atom stereocenters. The van der Waals surface area contributed by atoms with Crippen LogP contribution in [-0.4, -0.2) is 34.8 Å². The highest BCUT2D eigenvalue weighted by molar-refractivity contribution is 5.95. The summed E-state index contributed by atoms with van der Waals surface area (Å²) in [6.07, 6.45) is -8.32. The molecule has 0 radical (unpaired) electrons. The second kappa shape index (κ2) is 12.6. The Labute approximate surface area is 238 Å². The van der Waals surface area contributed by atoms with E-state index in [0.717, 1.165) is 21.2 Å². The van der Waals surface area contributed by atoms with Crippen molar-refractivity contribution in [2.75, 3.05) is 7.05 Å². The lowest BCUT2D eigenvalue weighted by atomic mass is 9.97. The maximum absolute atomic E-state index is 13.4. The normalized spacial score (nSPS) is 12.6. The molecular weight excluding hydrogens is 560 g/mol. The van der Waals surface area contributed by atoms with Gasteiger partial charge in [0.25, 0.3) is 5.91 Å². The lowest BCUT2D eigenvalue weighted by Gasteiger charge is -2.29. The number of nitrogens with one attached hydrogen (secondary N) is 1. The second-order valence-corrected chi connectivity index (χ2v) is 9.89. The van der Waals surface area contributed by atoms with Crippen LogP contribution in [0.25, 0.3) is 10.8 Å². The third-order valence-corrected chi connectivity index (χ3v) is 6.89. The molecule has 1 heterocycles. The SMILES string of the molecule is CN(C(=O)c1cc(C(F)(F)F)cc(C(F)(F)F)c1)C(CCC(=O)NCc1ccccn1)Cc1ccc2ccccc2c1. The first-order valence-corrected chi connectivity index (χ1v) is 13.0. The summed E-state index contributed by atoms with van der Waals surface area (Å²) in [7, 11) is 1.31. The average molecular weight is 588 g/mol. The number of fused-ring (bicyclic) bond motifs is 1. The van der Waals surface area contributed by atoms with Crippen LogP contribution < -0.4 is 5.32 Å². The van der Waals surface area contributed by atoms with E-state index < -0.39 is 41.0 Å². The summed E-state index contributed by atoms with van der Waals surface area (Å²) in [4.78, 5) is 31.3.